The molecule has 6 heteroatoms. The van der Waals surface area contributed by atoms with Crippen molar-refractivity contribution in [1.82, 2.24) is 13.9 Å². The number of imidazole rings is 1. The van der Waals surface area contributed by atoms with Crippen LogP contribution in [0.25, 0.3) is 0 Å². The summed E-state index contributed by atoms with van der Waals surface area (Å²) >= 11 is 0. The molecule has 1 aromatic rings. The normalized spacial score (nSPS) is 37.3. The summed E-state index contributed by atoms with van der Waals surface area (Å²) in [6.45, 7) is 8.08. The fraction of sp³-hybridized carbons (Fsp3) is 0.824. The number of rotatable bonds is 4. The predicted molar refractivity (Wildman–Crippen MR) is 89.4 cm³/mol. The van der Waals surface area contributed by atoms with Gasteiger partial charge in [0.2, 0.25) is 10.0 Å². The fourth-order valence-corrected chi connectivity index (χ4v) is 8.31. The zero-order chi connectivity index (χ0) is 16.5. The Morgan fingerprint density at radius 3 is 2.78 bits per heavy atom. The maximum atomic E-state index is 12.8. The standard InChI is InChI=1S/C17H27N3O2S/c1-13-18-7-10-19(13)8-4-9-20-15-11-14-5-6-17(15,16(14,2)3)12-23(20,21)22/h7,10,14-15H,4-6,8-9,11-12H2,1-3H3/t14-,15+,17?/m1/s1. The van der Waals surface area contributed by atoms with E-state index in [1.807, 2.05) is 17.4 Å². The quantitative estimate of drug-likeness (QED) is 0.848. The number of nitrogens with zero attached hydrogens (tertiary/aromatic N) is 3. The van der Waals surface area contributed by atoms with Crippen LogP contribution >= 0.6 is 0 Å². The second kappa shape index (κ2) is 4.82. The molecule has 1 unspecified atom stereocenters. The zero-order valence-electron chi connectivity index (χ0n) is 14.3. The highest BCUT2D eigenvalue weighted by atomic mass is 32.2. The Labute approximate surface area is 139 Å². The summed E-state index contributed by atoms with van der Waals surface area (Å²) in [5.74, 6) is 2.06. The highest BCUT2D eigenvalue weighted by Crippen LogP contribution is 2.69. The van der Waals surface area contributed by atoms with Crippen molar-refractivity contribution in [3.8, 4) is 0 Å². The number of hydrogen-bond acceptors (Lipinski definition) is 3. The lowest BCUT2D eigenvalue weighted by Gasteiger charge is -2.37. The van der Waals surface area contributed by atoms with Gasteiger partial charge >= 0.3 is 0 Å². The van der Waals surface area contributed by atoms with Crippen molar-refractivity contribution in [3.05, 3.63) is 18.2 Å². The van der Waals surface area contributed by atoms with Gasteiger partial charge in [-0.05, 0) is 43.9 Å². The third-order valence-corrected chi connectivity index (χ3v) is 9.27. The lowest BCUT2D eigenvalue weighted by molar-refractivity contribution is 0.113. The Morgan fingerprint density at radius 2 is 2.13 bits per heavy atom. The third kappa shape index (κ3) is 2.00. The van der Waals surface area contributed by atoms with E-state index in [4.69, 9.17) is 0 Å². The molecule has 0 aromatic carbocycles. The monoisotopic (exact) mass is 337 g/mol. The Balaban J connectivity index is 1.52. The van der Waals surface area contributed by atoms with Gasteiger partial charge in [-0.2, -0.15) is 4.31 Å². The average molecular weight is 337 g/mol. The van der Waals surface area contributed by atoms with Crippen LogP contribution in [-0.2, 0) is 16.6 Å². The maximum absolute atomic E-state index is 12.8. The van der Waals surface area contributed by atoms with Crippen molar-refractivity contribution in [1.29, 1.82) is 0 Å². The Hall–Kier alpha value is -0.880. The van der Waals surface area contributed by atoms with E-state index in [-0.39, 0.29) is 16.9 Å². The predicted octanol–water partition coefficient (Wildman–Crippen LogP) is 2.42. The molecule has 4 rings (SSSR count). The lowest BCUT2D eigenvalue weighted by Crippen LogP contribution is -2.42. The molecule has 3 atom stereocenters. The second-order valence-electron chi connectivity index (χ2n) is 8.25. The van der Waals surface area contributed by atoms with E-state index in [0.717, 1.165) is 31.6 Å². The lowest BCUT2D eigenvalue weighted by atomic mass is 9.69. The van der Waals surface area contributed by atoms with Crippen molar-refractivity contribution in [2.75, 3.05) is 12.3 Å². The van der Waals surface area contributed by atoms with Gasteiger partial charge in [0.15, 0.2) is 0 Å². The molecule has 5 nitrogen and oxygen atoms in total. The molecule has 2 saturated carbocycles. The molecule has 3 fully saturated rings. The molecule has 2 bridgehead atoms. The third-order valence-electron chi connectivity index (χ3n) is 7.23. The number of fused-ring (bicyclic) bond motifs is 1. The number of sulfonamides is 1. The molecule has 23 heavy (non-hydrogen) atoms. The van der Waals surface area contributed by atoms with Crippen molar-refractivity contribution in [2.45, 2.75) is 59.0 Å². The molecular formula is C17H27N3O2S. The fourth-order valence-electron chi connectivity index (χ4n) is 5.71. The van der Waals surface area contributed by atoms with Gasteiger partial charge in [0.1, 0.15) is 5.82 Å². The van der Waals surface area contributed by atoms with Crippen LogP contribution in [0, 0.1) is 23.7 Å². The molecule has 1 aliphatic heterocycles. The molecule has 1 aromatic heterocycles. The summed E-state index contributed by atoms with van der Waals surface area (Å²) in [7, 11) is -3.10. The van der Waals surface area contributed by atoms with Gasteiger partial charge in [0.25, 0.3) is 0 Å². The van der Waals surface area contributed by atoms with E-state index < -0.39 is 10.0 Å². The van der Waals surface area contributed by atoms with Crippen LogP contribution in [-0.4, -0.2) is 40.6 Å². The first-order valence-corrected chi connectivity index (χ1v) is 10.4. The largest absolute Gasteiger partial charge is 0.335 e. The van der Waals surface area contributed by atoms with Crippen LogP contribution in [0.4, 0.5) is 0 Å². The van der Waals surface area contributed by atoms with Crippen molar-refractivity contribution >= 4 is 10.0 Å². The second-order valence-corrected chi connectivity index (χ2v) is 10.2. The van der Waals surface area contributed by atoms with Crippen molar-refractivity contribution in [3.63, 3.8) is 0 Å². The highest BCUT2D eigenvalue weighted by molar-refractivity contribution is 7.89. The van der Waals surface area contributed by atoms with Crippen LogP contribution in [0.1, 0.15) is 45.4 Å². The van der Waals surface area contributed by atoms with E-state index >= 15 is 0 Å². The minimum atomic E-state index is -3.10. The minimum Gasteiger partial charge on any atom is -0.335 e. The van der Waals surface area contributed by atoms with Gasteiger partial charge in [-0.25, -0.2) is 13.4 Å². The average Bonchev–Trinajstić information content (AvgIpc) is 3.10. The highest BCUT2D eigenvalue weighted by Gasteiger charge is 2.71. The minimum absolute atomic E-state index is 0.00141. The summed E-state index contributed by atoms with van der Waals surface area (Å²) < 4.78 is 29.6. The van der Waals surface area contributed by atoms with Crippen molar-refractivity contribution < 1.29 is 8.42 Å². The summed E-state index contributed by atoms with van der Waals surface area (Å²) in [5, 5.41) is 0. The molecule has 128 valence electrons. The van der Waals surface area contributed by atoms with Crippen LogP contribution in [0.3, 0.4) is 0 Å². The topological polar surface area (TPSA) is 55.2 Å². The SMILES string of the molecule is Cc1nccn1CCCN1[C@H]2C[C@H]3CCC2(CS1(=O)=O)C3(C)C. The van der Waals surface area contributed by atoms with E-state index in [0.29, 0.717) is 18.2 Å². The molecule has 2 heterocycles. The Bertz CT molecular complexity index is 724. The van der Waals surface area contributed by atoms with Gasteiger partial charge < -0.3 is 4.57 Å². The molecular weight excluding hydrogens is 310 g/mol. The molecule has 2 aliphatic carbocycles. The van der Waals surface area contributed by atoms with Gasteiger partial charge in [0, 0.05) is 36.9 Å². The van der Waals surface area contributed by atoms with Gasteiger partial charge in [-0.1, -0.05) is 13.8 Å². The summed E-state index contributed by atoms with van der Waals surface area (Å²) in [5.41, 5.74) is 0.168. The molecule has 0 radical (unpaired) electrons. The molecule has 0 N–H and O–H groups in total. The van der Waals surface area contributed by atoms with E-state index in [1.165, 1.54) is 6.42 Å². The molecule has 0 amide bonds. The van der Waals surface area contributed by atoms with Gasteiger partial charge in [-0.3, -0.25) is 0 Å². The van der Waals surface area contributed by atoms with E-state index in [9.17, 15) is 8.42 Å². The van der Waals surface area contributed by atoms with Crippen LogP contribution in [0.5, 0.6) is 0 Å². The first-order valence-electron chi connectivity index (χ1n) is 8.75. The van der Waals surface area contributed by atoms with Crippen LogP contribution in [0.15, 0.2) is 12.4 Å². The smallest absolute Gasteiger partial charge is 0.215 e. The summed E-state index contributed by atoms with van der Waals surface area (Å²) in [6.07, 6.45) is 7.99. The van der Waals surface area contributed by atoms with Gasteiger partial charge in [0.05, 0.1) is 5.75 Å². The van der Waals surface area contributed by atoms with Crippen molar-refractivity contribution in [2.24, 2.45) is 16.7 Å². The number of aromatic nitrogens is 2. The van der Waals surface area contributed by atoms with Crippen LogP contribution in [0.2, 0.25) is 0 Å². The zero-order valence-corrected chi connectivity index (χ0v) is 15.1. The summed E-state index contributed by atoms with van der Waals surface area (Å²) in [6, 6.07) is 0.241. The summed E-state index contributed by atoms with van der Waals surface area (Å²) in [4.78, 5) is 4.23. The Kier molecular flexibility index (Phi) is 3.28. The number of hydrogen-bond donors (Lipinski definition) is 0. The van der Waals surface area contributed by atoms with Crippen LogP contribution < -0.4 is 0 Å². The molecule has 1 spiro atoms. The number of aryl methyl sites for hydroxylation is 2. The van der Waals surface area contributed by atoms with E-state index in [1.54, 1.807) is 6.20 Å². The molecule has 3 aliphatic rings. The van der Waals surface area contributed by atoms with E-state index in [2.05, 4.69) is 23.4 Å². The Morgan fingerprint density at radius 1 is 1.35 bits per heavy atom. The van der Waals surface area contributed by atoms with Gasteiger partial charge in [-0.15, -0.1) is 0 Å². The maximum Gasteiger partial charge on any atom is 0.215 e. The molecule has 1 saturated heterocycles. The first kappa shape index (κ1) is 15.6. The first-order chi connectivity index (χ1) is 10.8.